The molecule has 2 aromatic rings. The molecule has 0 radical (unpaired) electrons. The smallest absolute Gasteiger partial charge is 0.186 e. The van der Waals surface area contributed by atoms with Gasteiger partial charge in [-0.25, -0.2) is 4.98 Å². The lowest BCUT2D eigenvalue weighted by Crippen LogP contribution is -2.31. The Hall–Kier alpha value is -1.37. The van der Waals surface area contributed by atoms with Crippen LogP contribution in [0, 0.1) is 0 Å². The summed E-state index contributed by atoms with van der Waals surface area (Å²) in [5.74, 6) is 0. The minimum absolute atomic E-state index is 0.695. The van der Waals surface area contributed by atoms with Gasteiger partial charge in [-0.1, -0.05) is 11.3 Å². The van der Waals surface area contributed by atoms with Crippen molar-refractivity contribution in [3.05, 3.63) is 18.2 Å². The van der Waals surface area contributed by atoms with E-state index in [9.17, 15) is 0 Å². The molecular weight excluding hydrogens is 286 g/mol. The molecule has 0 spiro atoms. The molecule has 2 N–H and O–H groups in total. The standard InChI is InChI=1S/C15H23N3O2S/c1-3-19-9-7-18(8-10-20-4-2)15-17-13-6-5-12(16)11-14(13)21-15/h5-6,11H,3-4,7-10,16H2,1-2H3. The molecule has 0 saturated heterocycles. The van der Waals surface area contributed by atoms with Crippen molar-refractivity contribution in [2.45, 2.75) is 13.8 Å². The van der Waals surface area contributed by atoms with Crippen LogP contribution in [0.1, 0.15) is 13.8 Å². The number of hydrogen-bond donors (Lipinski definition) is 1. The maximum absolute atomic E-state index is 5.83. The van der Waals surface area contributed by atoms with Crippen LogP contribution in [0.2, 0.25) is 0 Å². The van der Waals surface area contributed by atoms with Crippen molar-refractivity contribution < 1.29 is 9.47 Å². The number of anilines is 2. The third-order valence-electron chi connectivity index (χ3n) is 3.09. The molecule has 1 aromatic heterocycles. The molecule has 0 aliphatic heterocycles. The van der Waals surface area contributed by atoms with E-state index in [-0.39, 0.29) is 0 Å². The predicted molar refractivity (Wildman–Crippen MR) is 89.2 cm³/mol. The normalized spacial score (nSPS) is 11.1. The fourth-order valence-electron chi connectivity index (χ4n) is 2.01. The van der Waals surface area contributed by atoms with Gasteiger partial charge >= 0.3 is 0 Å². The lowest BCUT2D eigenvalue weighted by molar-refractivity contribution is 0.141. The SMILES string of the molecule is CCOCCN(CCOCC)c1nc2ccc(N)cc2s1. The van der Waals surface area contributed by atoms with E-state index in [1.807, 2.05) is 32.0 Å². The lowest BCUT2D eigenvalue weighted by Gasteiger charge is -2.21. The number of nitrogen functional groups attached to an aromatic ring is 1. The minimum atomic E-state index is 0.695. The van der Waals surface area contributed by atoms with Crippen LogP contribution in [0.25, 0.3) is 10.2 Å². The number of nitrogens with zero attached hydrogens (tertiary/aromatic N) is 2. The van der Waals surface area contributed by atoms with Crippen molar-refractivity contribution in [3.8, 4) is 0 Å². The molecule has 1 heterocycles. The molecule has 2 rings (SSSR count). The summed E-state index contributed by atoms with van der Waals surface area (Å²) in [5, 5.41) is 0.995. The summed E-state index contributed by atoms with van der Waals surface area (Å²) >= 11 is 1.66. The van der Waals surface area contributed by atoms with Crippen molar-refractivity contribution in [2.24, 2.45) is 0 Å². The van der Waals surface area contributed by atoms with Crippen molar-refractivity contribution in [3.63, 3.8) is 0 Å². The first-order valence-electron chi connectivity index (χ1n) is 7.31. The topological polar surface area (TPSA) is 60.6 Å². The van der Waals surface area contributed by atoms with Gasteiger partial charge in [0.1, 0.15) is 0 Å². The molecule has 5 nitrogen and oxygen atoms in total. The van der Waals surface area contributed by atoms with Crippen LogP contribution in [0.3, 0.4) is 0 Å². The molecular formula is C15H23N3O2S. The van der Waals surface area contributed by atoms with E-state index in [0.717, 1.165) is 47.3 Å². The fourth-order valence-corrected chi connectivity index (χ4v) is 3.07. The molecule has 0 unspecified atom stereocenters. The zero-order chi connectivity index (χ0) is 15.1. The van der Waals surface area contributed by atoms with Crippen LogP contribution in [0.5, 0.6) is 0 Å². The second kappa shape index (κ2) is 8.17. The van der Waals surface area contributed by atoms with Gasteiger partial charge in [0.25, 0.3) is 0 Å². The summed E-state index contributed by atoms with van der Waals surface area (Å²) in [6.07, 6.45) is 0. The number of fused-ring (bicyclic) bond motifs is 1. The molecule has 0 bridgehead atoms. The first-order chi connectivity index (χ1) is 10.2. The summed E-state index contributed by atoms with van der Waals surface area (Å²) < 4.78 is 12.0. The molecule has 0 aliphatic rings. The molecule has 116 valence electrons. The summed E-state index contributed by atoms with van der Waals surface area (Å²) in [6.45, 7) is 8.50. The van der Waals surface area contributed by atoms with Crippen molar-refractivity contribution >= 4 is 32.4 Å². The Labute approximate surface area is 129 Å². The average Bonchev–Trinajstić information content (AvgIpc) is 2.88. The highest BCUT2D eigenvalue weighted by molar-refractivity contribution is 7.22. The first-order valence-corrected chi connectivity index (χ1v) is 8.12. The lowest BCUT2D eigenvalue weighted by atomic mass is 10.3. The number of benzene rings is 1. The Balaban J connectivity index is 2.11. The maximum Gasteiger partial charge on any atom is 0.186 e. The molecule has 0 aliphatic carbocycles. The Bertz CT molecular complexity index is 549. The maximum atomic E-state index is 5.83. The van der Waals surface area contributed by atoms with Crippen LogP contribution >= 0.6 is 11.3 Å². The zero-order valence-electron chi connectivity index (χ0n) is 12.7. The Morgan fingerprint density at radius 3 is 2.43 bits per heavy atom. The van der Waals surface area contributed by atoms with E-state index in [4.69, 9.17) is 15.2 Å². The van der Waals surface area contributed by atoms with Gasteiger partial charge in [-0.2, -0.15) is 0 Å². The van der Waals surface area contributed by atoms with E-state index >= 15 is 0 Å². The average molecular weight is 309 g/mol. The third kappa shape index (κ3) is 4.56. The molecule has 1 aromatic carbocycles. The van der Waals surface area contributed by atoms with E-state index in [1.165, 1.54) is 0 Å². The van der Waals surface area contributed by atoms with Gasteiger partial charge in [-0.3, -0.25) is 0 Å². The largest absolute Gasteiger partial charge is 0.399 e. The summed E-state index contributed by atoms with van der Waals surface area (Å²) in [7, 11) is 0. The number of nitrogens with two attached hydrogens (primary N) is 1. The van der Waals surface area contributed by atoms with Gasteiger partial charge in [0.05, 0.1) is 23.4 Å². The molecule has 21 heavy (non-hydrogen) atoms. The van der Waals surface area contributed by atoms with Gasteiger partial charge < -0.3 is 20.1 Å². The van der Waals surface area contributed by atoms with Gasteiger partial charge in [0, 0.05) is 32.0 Å². The fraction of sp³-hybridized carbons (Fsp3) is 0.533. The Morgan fingerprint density at radius 1 is 1.14 bits per heavy atom. The van der Waals surface area contributed by atoms with E-state index in [2.05, 4.69) is 9.88 Å². The Kier molecular flexibility index (Phi) is 6.22. The highest BCUT2D eigenvalue weighted by Crippen LogP contribution is 2.29. The molecule has 0 amide bonds. The molecule has 0 atom stereocenters. The van der Waals surface area contributed by atoms with Gasteiger partial charge in [-0.05, 0) is 32.0 Å². The van der Waals surface area contributed by atoms with Crippen molar-refractivity contribution in [1.29, 1.82) is 0 Å². The van der Waals surface area contributed by atoms with Gasteiger partial charge in [0.2, 0.25) is 0 Å². The molecule has 0 saturated carbocycles. The van der Waals surface area contributed by atoms with Crippen molar-refractivity contribution in [1.82, 2.24) is 4.98 Å². The highest BCUT2D eigenvalue weighted by atomic mass is 32.1. The van der Waals surface area contributed by atoms with Crippen molar-refractivity contribution in [2.75, 3.05) is 50.2 Å². The minimum Gasteiger partial charge on any atom is -0.399 e. The number of aromatic nitrogens is 1. The van der Waals surface area contributed by atoms with Crippen LogP contribution in [0.4, 0.5) is 10.8 Å². The third-order valence-corrected chi connectivity index (χ3v) is 4.17. The van der Waals surface area contributed by atoms with E-state index < -0.39 is 0 Å². The molecule has 6 heteroatoms. The van der Waals surface area contributed by atoms with Gasteiger partial charge in [-0.15, -0.1) is 0 Å². The number of hydrogen-bond acceptors (Lipinski definition) is 6. The second-order valence-corrected chi connectivity index (χ2v) is 5.61. The monoisotopic (exact) mass is 309 g/mol. The number of rotatable bonds is 9. The van der Waals surface area contributed by atoms with Crippen LogP contribution in [0.15, 0.2) is 18.2 Å². The number of thiazole rings is 1. The highest BCUT2D eigenvalue weighted by Gasteiger charge is 2.12. The number of ether oxygens (including phenoxy) is 2. The van der Waals surface area contributed by atoms with E-state index in [1.54, 1.807) is 11.3 Å². The van der Waals surface area contributed by atoms with Crippen LogP contribution in [-0.2, 0) is 9.47 Å². The van der Waals surface area contributed by atoms with E-state index in [0.29, 0.717) is 13.2 Å². The summed E-state index contributed by atoms with van der Waals surface area (Å²) in [5.41, 5.74) is 7.59. The van der Waals surface area contributed by atoms with Gasteiger partial charge in [0.15, 0.2) is 5.13 Å². The quantitative estimate of drug-likeness (QED) is 0.570. The second-order valence-electron chi connectivity index (χ2n) is 4.60. The predicted octanol–water partition coefficient (Wildman–Crippen LogP) is 2.76. The molecule has 0 fully saturated rings. The van der Waals surface area contributed by atoms with Crippen LogP contribution < -0.4 is 10.6 Å². The van der Waals surface area contributed by atoms with Crippen LogP contribution in [-0.4, -0.2) is 44.5 Å². The first kappa shape index (κ1) is 16.0. The summed E-state index contributed by atoms with van der Waals surface area (Å²) in [6, 6.07) is 5.82. The summed E-state index contributed by atoms with van der Waals surface area (Å²) in [4.78, 5) is 6.90. The Morgan fingerprint density at radius 2 is 1.81 bits per heavy atom. The zero-order valence-corrected chi connectivity index (χ0v) is 13.5.